The Kier molecular flexibility index (Phi) is 7.31. The molecule has 31 heavy (non-hydrogen) atoms. The first-order valence-electron chi connectivity index (χ1n) is 9.82. The first-order valence-corrected chi connectivity index (χ1v) is 10.2. The minimum absolute atomic E-state index is 0.0299. The number of aryl methyl sites for hydroxylation is 1. The maximum absolute atomic E-state index is 12.4. The topological polar surface area (TPSA) is 94.8 Å². The third kappa shape index (κ3) is 5.86. The number of halogens is 1. The zero-order chi connectivity index (χ0) is 22.4. The molecule has 1 heterocycles. The molecule has 8 heteroatoms. The Bertz CT molecular complexity index is 1140. The number of ether oxygens (including phenoxy) is 2. The van der Waals surface area contributed by atoms with E-state index in [1.165, 1.54) is 19.1 Å². The number of hydrogen-bond donors (Lipinski definition) is 1. The highest BCUT2D eigenvalue weighted by molar-refractivity contribution is 6.33. The standard InChI is InChI=1S/C23H22ClNO6/c1-3-7-16-10-21(26)30-19-12-20(18(24)11-17(16)19)31-22(27)14(2)25-23(28)29-13-15-8-5-4-6-9-15/h4-6,8-12,14H,3,7,13H2,1-2H3,(H,25,28). The second kappa shape index (κ2) is 10.1. The Hall–Kier alpha value is -3.32. The van der Waals surface area contributed by atoms with Crippen LogP contribution in [0.1, 0.15) is 31.4 Å². The summed E-state index contributed by atoms with van der Waals surface area (Å²) in [5, 5.41) is 3.28. The van der Waals surface area contributed by atoms with E-state index in [9.17, 15) is 14.4 Å². The molecule has 1 atom stereocenters. The van der Waals surface area contributed by atoms with E-state index >= 15 is 0 Å². The number of nitrogens with one attached hydrogen (secondary N) is 1. The van der Waals surface area contributed by atoms with Crippen molar-refractivity contribution in [2.24, 2.45) is 0 Å². The van der Waals surface area contributed by atoms with Crippen LogP contribution in [0.2, 0.25) is 5.02 Å². The van der Waals surface area contributed by atoms with Crippen molar-refractivity contribution in [1.82, 2.24) is 5.32 Å². The monoisotopic (exact) mass is 443 g/mol. The molecule has 0 aliphatic heterocycles. The third-order valence-electron chi connectivity index (χ3n) is 4.51. The predicted molar refractivity (Wildman–Crippen MR) is 116 cm³/mol. The third-order valence-corrected chi connectivity index (χ3v) is 4.81. The highest BCUT2D eigenvalue weighted by Gasteiger charge is 2.21. The lowest BCUT2D eigenvalue weighted by atomic mass is 10.1. The molecular formula is C23H22ClNO6. The molecule has 2 aromatic carbocycles. The number of hydrogen-bond acceptors (Lipinski definition) is 6. The van der Waals surface area contributed by atoms with Crippen LogP contribution in [-0.2, 0) is 22.6 Å². The summed E-state index contributed by atoms with van der Waals surface area (Å²) < 4.78 is 15.6. The van der Waals surface area contributed by atoms with Crippen molar-refractivity contribution in [2.45, 2.75) is 39.3 Å². The molecule has 7 nitrogen and oxygen atoms in total. The molecule has 0 aliphatic rings. The molecular weight excluding hydrogens is 422 g/mol. The van der Waals surface area contributed by atoms with Crippen LogP contribution in [-0.4, -0.2) is 18.1 Å². The SMILES string of the molecule is CCCc1cc(=O)oc2cc(OC(=O)C(C)NC(=O)OCc3ccccc3)c(Cl)cc12. The molecule has 0 radical (unpaired) electrons. The molecule has 0 saturated heterocycles. The summed E-state index contributed by atoms with van der Waals surface area (Å²) in [6.07, 6.45) is 0.771. The number of esters is 1. The lowest BCUT2D eigenvalue weighted by molar-refractivity contribution is -0.136. The minimum atomic E-state index is -0.992. The number of carbonyl (C=O) groups excluding carboxylic acids is 2. The van der Waals surface area contributed by atoms with Crippen molar-refractivity contribution in [2.75, 3.05) is 0 Å². The van der Waals surface area contributed by atoms with Gasteiger partial charge in [0, 0.05) is 17.5 Å². The van der Waals surface area contributed by atoms with Gasteiger partial charge < -0.3 is 19.2 Å². The number of carbonyl (C=O) groups is 2. The largest absolute Gasteiger partial charge is 0.445 e. The summed E-state index contributed by atoms with van der Waals surface area (Å²) in [5.74, 6) is -0.716. The van der Waals surface area contributed by atoms with E-state index in [0.717, 1.165) is 17.5 Å². The van der Waals surface area contributed by atoms with E-state index < -0.39 is 23.7 Å². The van der Waals surface area contributed by atoms with Gasteiger partial charge in [0.25, 0.3) is 0 Å². The molecule has 1 aromatic heterocycles. The Morgan fingerprint density at radius 3 is 2.61 bits per heavy atom. The van der Waals surface area contributed by atoms with Crippen molar-refractivity contribution in [1.29, 1.82) is 0 Å². The average molecular weight is 444 g/mol. The molecule has 3 aromatic rings. The van der Waals surface area contributed by atoms with Gasteiger partial charge in [-0.05, 0) is 30.5 Å². The number of benzene rings is 2. The van der Waals surface area contributed by atoms with E-state index in [0.29, 0.717) is 11.8 Å². The Morgan fingerprint density at radius 2 is 1.90 bits per heavy atom. The van der Waals surface area contributed by atoms with E-state index in [-0.39, 0.29) is 23.0 Å². The molecule has 1 N–H and O–H groups in total. The maximum Gasteiger partial charge on any atom is 0.408 e. The second-order valence-electron chi connectivity index (χ2n) is 6.97. The number of fused-ring (bicyclic) bond motifs is 1. The molecule has 1 amide bonds. The summed E-state index contributed by atoms with van der Waals surface area (Å²) in [4.78, 5) is 36.2. The predicted octanol–water partition coefficient (Wildman–Crippen LogP) is 4.62. The van der Waals surface area contributed by atoms with Crippen molar-refractivity contribution < 1.29 is 23.5 Å². The molecule has 0 saturated carbocycles. The minimum Gasteiger partial charge on any atom is -0.445 e. The van der Waals surface area contributed by atoms with Gasteiger partial charge in [-0.3, -0.25) is 0 Å². The van der Waals surface area contributed by atoms with Gasteiger partial charge in [-0.15, -0.1) is 0 Å². The molecule has 3 rings (SSSR count). The van der Waals surface area contributed by atoms with Crippen LogP contribution >= 0.6 is 11.6 Å². The van der Waals surface area contributed by atoms with Gasteiger partial charge >= 0.3 is 17.7 Å². The van der Waals surface area contributed by atoms with Crippen LogP contribution < -0.4 is 15.7 Å². The smallest absolute Gasteiger partial charge is 0.408 e. The summed E-state index contributed by atoms with van der Waals surface area (Å²) in [5.41, 5.74) is 1.40. The summed E-state index contributed by atoms with van der Waals surface area (Å²) in [6, 6.07) is 12.6. The van der Waals surface area contributed by atoms with Crippen molar-refractivity contribution in [3.05, 3.63) is 75.1 Å². The van der Waals surface area contributed by atoms with Crippen LogP contribution in [0.5, 0.6) is 5.75 Å². The summed E-state index contributed by atoms with van der Waals surface area (Å²) >= 11 is 6.28. The second-order valence-corrected chi connectivity index (χ2v) is 7.38. The van der Waals surface area contributed by atoms with E-state index in [2.05, 4.69) is 5.32 Å². The van der Waals surface area contributed by atoms with Gasteiger partial charge in [-0.25, -0.2) is 14.4 Å². The highest BCUT2D eigenvalue weighted by atomic mass is 35.5. The number of rotatable bonds is 7. The molecule has 0 bridgehead atoms. The zero-order valence-corrected chi connectivity index (χ0v) is 17.9. The Morgan fingerprint density at radius 1 is 1.16 bits per heavy atom. The van der Waals surface area contributed by atoms with Crippen molar-refractivity contribution >= 4 is 34.6 Å². The lowest BCUT2D eigenvalue weighted by Gasteiger charge is -2.14. The van der Waals surface area contributed by atoms with Gasteiger partial charge in [0.1, 0.15) is 18.2 Å². The fraction of sp³-hybridized carbons (Fsp3) is 0.261. The first-order chi connectivity index (χ1) is 14.9. The normalized spacial score (nSPS) is 11.7. The zero-order valence-electron chi connectivity index (χ0n) is 17.1. The molecule has 162 valence electrons. The average Bonchev–Trinajstić information content (AvgIpc) is 2.74. The van der Waals surface area contributed by atoms with Crippen LogP contribution in [0.15, 0.2) is 57.7 Å². The number of alkyl carbamates (subject to hydrolysis) is 1. The first kappa shape index (κ1) is 22.4. The van der Waals surface area contributed by atoms with Gasteiger partial charge in [-0.1, -0.05) is 55.3 Å². The Labute approximate surface area is 183 Å². The van der Waals surface area contributed by atoms with Crippen LogP contribution in [0.3, 0.4) is 0 Å². The Balaban J connectivity index is 1.66. The van der Waals surface area contributed by atoms with Crippen LogP contribution in [0.25, 0.3) is 11.0 Å². The van der Waals surface area contributed by atoms with Crippen molar-refractivity contribution in [3.8, 4) is 5.75 Å². The van der Waals surface area contributed by atoms with E-state index in [1.54, 1.807) is 6.07 Å². The van der Waals surface area contributed by atoms with Gasteiger partial charge in [0.05, 0.1) is 5.02 Å². The fourth-order valence-electron chi connectivity index (χ4n) is 2.98. The van der Waals surface area contributed by atoms with E-state index in [4.69, 9.17) is 25.5 Å². The quantitative estimate of drug-likeness (QED) is 0.325. The van der Waals surface area contributed by atoms with Gasteiger partial charge in [0.2, 0.25) is 0 Å². The van der Waals surface area contributed by atoms with Gasteiger partial charge in [-0.2, -0.15) is 0 Å². The molecule has 0 fully saturated rings. The summed E-state index contributed by atoms with van der Waals surface area (Å²) in [7, 11) is 0. The highest BCUT2D eigenvalue weighted by Crippen LogP contribution is 2.31. The van der Waals surface area contributed by atoms with Crippen molar-refractivity contribution in [3.63, 3.8) is 0 Å². The van der Waals surface area contributed by atoms with Crippen LogP contribution in [0.4, 0.5) is 4.79 Å². The lowest BCUT2D eigenvalue weighted by Crippen LogP contribution is -2.41. The molecule has 0 aliphatic carbocycles. The van der Waals surface area contributed by atoms with Crippen LogP contribution in [0, 0.1) is 0 Å². The molecule has 0 spiro atoms. The summed E-state index contributed by atoms with van der Waals surface area (Å²) in [6.45, 7) is 3.53. The van der Waals surface area contributed by atoms with Gasteiger partial charge in [0.15, 0.2) is 5.75 Å². The fourth-order valence-corrected chi connectivity index (χ4v) is 3.18. The van der Waals surface area contributed by atoms with E-state index in [1.807, 2.05) is 37.3 Å². The molecule has 1 unspecified atom stereocenters. The number of amides is 1. The maximum atomic E-state index is 12.4.